The van der Waals surface area contributed by atoms with Gasteiger partial charge in [0.15, 0.2) is 0 Å². The van der Waals surface area contributed by atoms with Crippen molar-refractivity contribution in [2.24, 2.45) is 11.8 Å². The zero-order valence-corrected chi connectivity index (χ0v) is 17.1. The van der Waals surface area contributed by atoms with Gasteiger partial charge in [0.25, 0.3) is 0 Å². The molecule has 0 aromatic carbocycles. The van der Waals surface area contributed by atoms with Crippen molar-refractivity contribution in [2.45, 2.75) is 45.9 Å². The van der Waals surface area contributed by atoms with Crippen molar-refractivity contribution < 1.29 is 4.74 Å². The van der Waals surface area contributed by atoms with Crippen LogP contribution in [0.1, 0.15) is 37.9 Å². The maximum absolute atomic E-state index is 5.53. The highest BCUT2D eigenvalue weighted by Gasteiger charge is 2.40. The van der Waals surface area contributed by atoms with Crippen LogP contribution in [-0.2, 0) is 29.8 Å². The van der Waals surface area contributed by atoms with Crippen molar-refractivity contribution in [1.29, 1.82) is 0 Å². The van der Waals surface area contributed by atoms with Gasteiger partial charge < -0.3 is 9.64 Å². The molecule has 3 aliphatic heterocycles. The molecule has 2 fully saturated rings. The van der Waals surface area contributed by atoms with Crippen LogP contribution in [0.15, 0.2) is 18.5 Å². The van der Waals surface area contributed by atoms with Crippen LogP contribution in [0, 0.1) is 11.8 Å². The summed E-state index contributed by atoms with van der Waals surface area (Å²) in [5, 5.41) is 4.77. The van der Waals surface area contributed by atoms with Crippen LogP contribution in [0.2, 0.25) is 0 Å². The number of likely N-dealkylation sites (tertiary alicyclic amines) is 1. The topological polar surface area (TPSA) is 59.3 Å². The number of ether oxygens (including phenoxy) is 1. The first kappa shape index (κ1) is 18.1. The van der Waals surface area contributed by atoms with Crippen molar-refractivity contribution in [3.05, 3.63) is 35.5 Å². The van der Waals surface area contributed by atoms with E-state index in [9.17, 15) is 0 Å². The molecule has 2 saturated heterocycles. The Morgan fingerprint density at radius 1 is 1.07 bits per heavy atom. The van der Waals surface area contributed by atoms with E-state index in [1.165, 1.54) is 11.4 Å². The van der Waals surface area contributed by atoms with Crippen LogP contribution < -0.4 is 4.90 Å². The minimum absolute atomic E-state index is 0.0544. The Morgan fingerprint density at radius 2 is 1.86 bits per heavy atom. The molecule has 0 radical (unpaired) electrons. The SMILES string of the molecule is CC(C)(C)c1cc(N2CC3CN(Cc4cc5n(n4)CCOC5)CC3C2)ncn1. The van der Waals surface area contributed by atoms with Crippen LogP contribution in [-0.4, -0.2) is 57.4 Å². The maximum atomic E-state index is 5.53. The fourth-order valence-electron chi connectivity index (χ4n) is 4.80. The van der Waals surface area contributed by atoms with E-state index in [2.05, 4.69) is 57.4 Å². The van der Waals surface area contributed by atoms with Crippen molar-refractivity contribution in [3.8, 4) is 0 Å². The third-order valence-corrected chi connectivity index (χ3v) is 6.30. The molecular formula is C21H30N6O. The Balaban J connectivity index is 1.21. The molecule has 5 rings (SSSR count). The second-order valence-corrected chi connectivity index (χ2v) is 9.53. The van der Waals surface area contributed by atoms with Gasteiger partial charge in [-0.15, -0.1) is 0 Å². The number of nitrogens with zero attached hydrogens (tertiary/aromatic N) is 6. The summed E-state index contributed by atoms with van der Waals surface area (Å²) in [4.78, 5) is 14.1. The number of rotatable bonds is 3. The molecule has 7 heteroatoms. The molecule has 2 aromatic rings. The van der Waals surface area contributed by atoms with Gasteiger partial charge >= 0.3 is 0 Å². The van der Waals surface area contributed by atoms with E-state index < -0.39 is 0 Å². The Hall–Kier alpha value is -1.99. The second kappa shape index (κ2) is 6.81. The normalized spacial score (nSPS) is 25.2. The summed E-state index contributed by atoms with van der Waals surface area (Å²) in [6, 6.07) is 4.39. The predicted octanol–water partition coefficient (Wildman–Crippen LogP) is 2.07. The van der Waals surface area contributed by atoms with Gasteiger partial charge in [-0.05, 0) is 17.9 Å². The largest absolute Gasteiger partial charge is 0.373 e. The maximum Gasteiger partial charge on any atom is 0.132 e. The number of aromatic nitrogens is 4. The fourth-order valence-corrected chi connectivity index (χ4v) is 4.80. The lowest BCUT2D eigenvalue weighted by molar-refractivity contribution is 0.0799. The van der Waals surface area contributed by atoms with E-state index in [1.54, 1.807) is 6.33 Å². The Kier molecular flexibility index (Phi) is 4.39. The number of anilines is 1. The van der Waals surface area contributed by atoms with Gasteiger partial charge in [0, 0.05) is 44.2 Å². The van der Waals surface area contributed by atoms with Gasteiger partial charge in [-0.3, -0.25) is 9.58 Å². The van der Waals surface area contributed by atoms with Gasteiger partial charge in [0.05, 0.1) is 36.8 Å². The zero-order valence-electron chi connectivity index (χ0n) is 17.1. The third kappa shape index (κ3) is 3.42. The summed E-state index contributed by atoms with van der Waals surface area (Å²) >= 11 is 0. The summed E-state index contributed by atoms with van der Waals surface area (Å²) in [7, 11) is 0. The summed E-state index contributed by atoms with van der Waals surface area (Å²) < 4.78 is 7.64. The Labute approximate surface area is 166 Å². The lowest BCUT2D eigenvalue weighted by Gasteiger charge is -2.24. The van der Waals surface area contributed by atoms with Crippen molar-refractivity contribution in [2.75, 3.05) is 37.7 Å². The molecule has 0 N–H and O–H groups in total. The average molecular weight is 383 g/mol. The van der Waals surface area contributed by atoms with E-state index in [1.807, 2.05) is 0 Å². The average Bonchev–Trinajstić information content (AvgIpc) is 3.33. The van der Waals surface area contributed by atoms with E-state index in [0.29, 0.717) is 18.4 Å². The first-order valence-electron chi connectivity index (χ1n) is 10.4. The molecule has 7 nitrogen and oxygen atoms in total. The minimum Gasteiger partial charge on any atom is -0.373 e. The third-order valence-electron chi connectivity index (χ3n) is 6.30. The van der Waals surface area contributed by atoms with Crippen LogP contribution >= 0.6 is 0 Å². The Bertz CT molecular complexity index is 819. The molecule has 5 heterocycles. The standard InChI is InChI=1S/C21H30N6O/c1-21(2,3)19-7-20(23-14-22-19)26-10-15-8-25(9-16(15)11-26)12-17-6-18-13-28-5-4-27(18)24-17/h6-7,14-16H,4-5,8-13H2,1-3H3. The van der Waals surface area contributed by atoms with Crippen LogP contribution in [0.5, 0.6) is 0 Å². The molecule has 0 amide bonds. The lowest BCUT2D eigenvalue weighted by Crippen LogP contribution is -2.29. The van der Waals surface area contributed by atoms with Gasteiger partial charge in [0.2, 0.25) is 0 Å². The molecule has 0 bridgehead atoms. The van der Waals surface area contributed by atoms with E-state index >= 15 is 0 Å². The zero-order chi connectivity index (χ0) is 19.3. The van der Waals surface area contributed by atoms with Crippen LogP contribution in [0.3, 0.4) is 0 Å². The van der Waals surface area contributed by atoms with E-state index in [0.717, 1.165) is 57.4 Å². The molecule has 28 heavy (non-hydrogen) atoms. The first-order valence-corrected chi connectivity index (χ1v) is 10.4. The molecular weight excluding hydrogens is 352 g/mol. The van der Waals surface area contributed by atoms with Crippen molar-refractivity contribution in [1.82, 2.24) is 24.6 Å². The first-order chi connectivity index (χ1) is 13.5. The number of hydrogen-bond acceptors (Lipinski definition) is 6. The summed E-state index contributed by atoms with van der Waals surface area (Å²) in [5.74, 6) is 2.52. The predicted molar refractivity (Wildman–Crippen MR) is 107 cm³/mol. The van der Waals surface area contributed by atoms with Crippen molar-refractivity contribution in [3.63, 3.8) is 0 Å². The molecule has 2 unspecified atom stereocenters. The van der Waals surface area contributed by atoms with Gasteiger partial charge in [-0.25, -0.2) is 9.97 Å². The molecule has 2 atom stereocenters. The monoisotopic (exact) mass is 382 g/mol. The highest BCUT2D eigenvalue weighted by atomic mass is 16.5. The van der Waals surface area contributed by atoms with Gasteiger partial charge in [-0.1, -0.05) is 20.8 Å². The summed E-state index contributed by atoms with van der Waals surface area (Å²) in [5.41, 5.74) is 3.57. The number of hydrogen-bond donors (Lipinski definition) is 0. The second-order valence-electron chi connectivity index (χ2n) is 9.53. The van der Waals surface area contributed by atoms with E-state index in [4.69, 9.17) is 9.84 Å². The van der Waals surface area contributed by atoms with Crippen LogP contribution in [0.4, 0.5) is 5.82 Å². The number of fused-ring (bicyclic) bond motifs is 2. The van der Waals surface area contributed by atoms with Crippen LogP contribution in [0.25, 0.3) is 0 Å². The lowest BCUT2D eigenvalue weighted by atomic mass is 9.92. The summed E-state index contributed by atoms with van der Waals surface area (Å²) in [6.07, 6.45) is 1.72. The molecule has 2 aromatic heterocycles. The summed E-state index contributed by atoms with van der Waals surface area (Å²) in [6.45, 7) is 14.4. The van der Waals surface area contributed by atoms with Gasteiger partial charge in [-0.2, -0.15) is 5.10 Å². The highest BCUT2D eigenvalue weighted by Crippen LogP contribution is 2.34. The molecule has 0 aliphatic carbocycles. The van der Waals surface area contributed by atoms with Crippen molar-refractivity contribution >= 4 is 5.82 Å². The molecule has 0 saturated carbocycles. The molecule has 0 spiro atoms. The Morgan fingerprint density at radius 3 is 2.57 bits per heavy atom. The smallest absolute Gasteiger partial charge is 0.132 e. The fraction of sp³-hybridized carbons (Fsp3) is 0.667. The van der Waals surface area contributed by atoms with Gasteiger partial charge in [0.1, 0.15) is 12.1 Å². The molecule has 150 valence electrons. The quantitative estimate of drug-likeness (QED) is 0.810. The molecule has 3 aliphatic rings. The highest BCUT2D eigenvalue weighted by molar-refractivity contribution is 5.42. The van der Waals surface area contributed by atoms with E-state index in [-0.39, 0.29) is 5.41 Å². The minimum atomic E-state index is 0.0544.